The lowest BCUT2D eigenvalue weighted by Gasteiger charge is -2.08. The van der Waals surface area contributed by atoms with Gasteiger partial charge in [0.15, 0.2) is 0 Å². The van der Waals surface area contributed by atoms with Crippen LogP contribution in [0.2, 0.25) is 0 Å². The van der Waals surface area contributed by atoms with Gasteiger partial charge in [0.25, 0.3) is 11.5 Å². The smallest absolute Gasteiger partial charge is 0.271 e. The molecule has 0 unspecified atom stereocenters. The van der Waals surface area contributed by atoms with Crippen LogP contribution in [0.1, 0.15) is 16.3 Å². The van der Waals surface area contributed by atoms with E-state index in [9.17, 15) is 9.59 Å². The van der Waals surface area contributed by atoms with Gasteiger partial charge in [-0.2, -0.15) is 5.10 Å². The van der Waals surface area contributed by atoms with Crippen molar-refractivity contribution in [3.63, 3.8) is 0 Å². The van der Waals surface area contributed by atoms with Gasteiger partial charge in [-0.15, -0.1) is 0 Å². The van der Waals surface area contributed by atoms with Crippen LogP contribution in [0.4, 0.5) is 0 Å². The van der Waals surface area contributed by atoms with Gasteiger partial charge >= 0.3 is 0 Å². The highest BCUT2D eigenvalue weighted by molar-refractivity contribution is 5.91. The Labute approximate surface area is 126 Å². The number of amides is 1. The highest BCUT2D eigenvalue weighted by atomic mass is 16.2. The van der Waals surface area contributed by atoms with E-state index in [1.54, 1.807) is 0 Å². The molecule has 22 heavy (non-hydrogen) atoms. The predicted molar refractivity (Wildman–Crippen MR) is 81.7 cm³/mol. The van der Waals surface area contributed by atoms with Gasteiger partial charge in [0, 0.05) is 19.2 Å². The molecule has 0 aliphatic carbocycles. The van der Waals surface area contributed by atoms with Crippen LogP contribution in [-0.2, 0) is 6.54 Å². The molecule has 0 aliphatic rings. The number of aryl methyl sites for hydroxylation is 1. The van der Waals surface area contributed by atoms with Gasteiger partial charge in [-0.1, -0.05) is 12.1 Å². The summed E-state index contributed by atoms with van der Waals surface area (Å²) in [5, 5.41) is 8.71. The van der Waals surface area contributed by atoms with Crippen LogP contribution < -0.4 is 10.9 Å². The Kier molecular flexibility index (Phi) is 3.69. The Bertz CT molecular complexity index is 861. The summed E-state index contributed by atoms with van der Waals surface area (Å²) in [6.07, 6.45) is 0. The number of nitrogens with zero attached hydrogens (tertiary/aromatic N) is 3. The van der Waals surface area contributed by atoms with Crippen molar-refractivity contribution in [1.82, 2.24) is 25.1 Å². The molecule has 1 aromatic carbocycles. The second-order valence-electron chi connectivity index (χ2n) is 4.86. The van der Waals surface area contributed by atoms with Crippen molar-refractivity contribution in [2.24, 2.45) is 0 Å². The third-order valence-corrected chi connectivity index (χ3v) is 3.38. The van der Waals surface area contributed by atoms with Crippen LogP contribution in [-0.4, -0.2) is 32.2 Å². The molecule has 1 amide bonds. The summed E-state index contributed by atoms with van der Waals surface area (Å²) in [7, 11) is 0. The number of nitrogens with one attached hydrogen (secondary N) is 2. The van der Waals surface area contributed by atoms with Crippen LogP contribution in [0.5, 0.6) is 0 Å². The molecule has 3 rings (SSSR count). The van der Waals surface area contributed by atoms with E-state index in [-0.39, 0.29) is 17.2 Å². The van der Waals surface area contributed by atoms with Gasteiger partial charge < -0.3 is 9.88 Å². The average Bonchev–Trinajstić information content (AvgIpc) is 2.84. The largest absolute Gasteiger partial charge is 0.349 e. The number of rotatable bonds is 4. The average molecular weight is 297 g/mol. The Morgan fingerprint density at radius 1 is 1.27 bits per heavy atom. The van der Waals surface area contributed by atoms with Gasteiger partial charge in [0.1, 0.15) is 11.5 Å². The summed E-state index contributed by atoms with van der Waals surface area (Å²) in [5.41, 5.74) is 1.83. The van der Waals surface area contributed by atoms with Crippen molar-refractivity contribution in [3.8, 4) is 0 Å². The first-order chi connectivity index (χ1) is 10.6. The number of aromatic nitrogens is 4. The standard InChI is InChI=1S/C15H15N5O2/c1-10-17-11-4-2-3-5-13(11)20(10)9-8-16-15(22)12-6-7-14(21)19-18-12/h2-7H,8-9H2,1H3,(H,16,22)(H,19,21). The first kappa shape index (κ1) is 14.0. The van der Waals surface area contributed by atoms with Crippen LogP contribution >= 0.6 is 0 Å². The lowest BCUT2D eigenvalue weighted by molar-refractivity contribution is 0.0946. The lowest BCUT2D eigenvalue weighted by atomic mass is 10.3. The normalized spacial score (nSPS) is 10.8. The van der Waals surface area contributed by atoms with Crippen molar-refractivity contribution in [1.29, 1.82) is 0 Å². The molecule has 0 radical (unpaired) electrons. The summed E-state index contributed by atoms with van der Waals surface area (Å²) >= 11 is 0. The Hall–Kier alpha value is -2.96. The SMILES string of the molecule is Cc1nc2ccccc2n1CCNC(=O)c1ccc(=O)[nH]n1. The maximum Gasteiger partial charge on any atom is 0.271 e. The molecule has 0 fully saturated rings. The highest BCUT2D eigenvalue weighted by Gasteiger charge is 2.09. The molecule has 0 spiro atoms. The fourth-order valence-electron chi connectivity index (χ4n) is 2.32. The fourth-order valence-corrected chi connectivity index (χ4v) is 2.32. The third kappa shape index (κ3) is 2.73. The molecule has 0 aliphatic heterocycles. The second-order valence-corrected chi connectivity index (χ2v) is 4.86. The minimum Gasteiger partial charge on any atom is -0.349 e. The maximum atomic E-state index is 11.9. The molecule has 2 heterocycles. The topological polar surface area (TPSA) is 92.7 Å². The van der Waals surface area contributed by atoms with Gasteiger partial charge in [0.05, 0.1) is 11.0 Å². The minimum absolute atomic E-state index is 0.187. The molecule has 0 saturated heterocycles. The molecule has 0 atom stereocenters. The molecule has 3 aromatic rings. The van der Waals surface area contributed by atoms with Crippen LogP contribution in [0.15, 0.2) is 41.2 Å². The Balaban J connectivity index is 1.67. The highest BCUT2D eigenvalue weighted by Crippen LogP contribution is 2.14. The summed E-state index contributed by atoms with van der Waals surface area (Å²) in [4.78, 5) is 27.3. The van der Waals surface area contributed by atoms with Gasteiger partial charge in [0.2, 0.25) is 0 Å². The van der Waals surface area contributed by atoms with Gasteiger partial charge in [-0.25, -0.2) is 10.1 Å². The number of hydrogen-bond acceptors (Lipinski definition) is 4. The Morgan fingerprint density at radius 2 is 2.09 bits per heavy atom. The van der Waals surface area contributed by atoms with E-state index >= 15 is 0 Å². The summed E-state index contributed by atoms with van der Waals surface area (Å²) in [6, 6.07) is 10.5. The van der Waals surface area contributed by atoms with E-state index in [1.807, 2.05) is 31.2 Å². The number of para-hydroxylation sites is 2. The molecule has 112 valence electrons. The number of hydrogen-bond donors (Lipinski definition) is 2. The van der Waals surface area contributed by atoms with Crippen molar-refractivity contribution in [3.05, 3.63) is 58.3 Å². The number of imidazole rings is 1. The lowest BCUT2D eigenvalue weighted by Crippen LogP contribution is -2.29. The molecule has 7 heteroatoms. The van der Waals surface area contributed by atoms with E-state index < -0.39 is 0 Å². The minimum atomic E-state index is -0.336. The van der Waals surface area contributed by atoms with E-state index in [2.05, 4.69) is 25.1 Å². The van der Waals surface area contributed by atoms with Crippen LogP contribution in [0.25, 0.3) is 11.0 Å². The summed E-state index contributed by atoms with van der Waals surface area (Å²) in [6.45, 7) is 2.99. The third-order valence-electron chi connectivity index (χ3n) is 3.38. The number of carbonyl (C=O) groups excluding carboxylic acids is 1. The molecule has 2 N–H and O–H groups in total. The molecule has 7 nitrogen and oxygen atoms in total. The van der Waals surface area contributed by atoms with Crippen LogP contribution in [0.3, 0.4) is 0 Å². The maximum absolute atomic E-state index is 11.9. The first-order valence-corrected chi connectivity index (χ1v) is 6.91. The monoisotopic (exact) mass is 297 g/mol. The van der Waals surface area contributed by atoms with Crippen molar-refractivity contribution >= 4 is 16.9 Å². The Morgan fingerprint density at radius 3 is 2.86 bits per heavy atom. The second kappa shape index (κ2) is 5.80. The van der Waals surface area contributed by atoms with Crippen molar-refractivity contribution < 1.29 is 4.79 Å². The van der Waals surface area contributed by atoms with E-state index in [0.29, 0.717) is 13.1 Å². The van der Waals surface area contributed by atoms with Crippen LogP contribution in [0, 0.1) is 6.92 Å². The number of fused-ring (bicyclic) bond motifs is 1. The number of aromatic amines is 1. The molecular weight excluding hydrogens is 282 g/mol. The molecular formula is C15H15N5O2. The zero-order chi connectivity index (χ0) is 15.5. The number of carbonyl (C=O) groups is 1. The quantitative estimate of drug-likeness (QED) is 0.747. The summed E-state index contributed by atoms with van der Waals surface area (Å²) in [5.74, 6) is 0.580. The number of H-pyrrole nitrogens is 1. The van der Waals surface area contributed by atoms with Gasteiger partial charge in [-0.05, 0) is 25.1 Å². The van der Waals surface area contributed by atoms with Crippen molar-refractivity contribution in [2.75, 3.05) is 6.54 Å². The first-order valence-electron chi connectivity index (χ1n) is 6.91. The van der Waals surface area contributed by atoms with E-state index in [0.717, 1.165) is 16.9 Å². The van der Waals surface area contributed by atoms with Gasteiger partial charge in [-0.3, -0.25) is 9.59 Å². The molecule has 0 saturated carbocycles. The summed E-state index contributed by atoms with van der Waals surface area (Å²) < 4.78 is 2.05. The fraction of sp³-hybridized carbons (Fsp3) is 0.200. The zero-order valence-electron chi connectivity index (χ0n) is 12.0. The molecule has 0 bridgehead atoms. The van der Waals surface area contributed by atoms with E-state index in [4.69, 9.17) is 0 Å². The van der Waals surface area contributed by atoms with Crippen molar-refractivity contribution in [2.45, 2.75) is 13.5 Å². The molecule has 2 aromatic heterocycles. The number of benzene rings is 1. The zero-order valence-corrected chi connectivity index (χ0v) is 12.0. The van der Waals surface area contributed by atoms with E-state index in [1.165, 1.54) is 12.1 Å². The predicted octanol–water partition coefficient (Wildman–Crippen LogP) is 0.858.